The number of methoxy groups -OCH3 is 1. The summed E-state index contributed by atoms with van der Waals surface area (Å²) < 4.78 is 11.4. The maximum Gasteiger partial charge on any atom is 0.263 e. The van der Waals surface area contributed by atoms with Gasteiger partial charge in [-0.1, -0.05) is 6.07 Å². The number of nitrogens with zero attached hydrogens (tertiary/aromatic N) is 2. The summed E-state index contributed by atoms with van der Waals surface area (Å²) >= 11 is 1.34. The van der Waals surface area contributed by atoms with Crippen LogP contribution in [-0.2, 0) is 11.2 Å². The Bertz CT molecular complexity index is 1160. The molecule has 3 aromatic rings. The van der Waals surface area contributed by atoms with Gasteiger partial charge in [-0.3, -0.25) is 4.79 Å². The van der Waals surface area contributed by atoms with Crippen LogP contribution in [0.4, 0.5) is 11.4 Å². The molecule has 2 aromatic heterocycles. The van der Waals surface area contributed by atoms with Crippen molar-refractivity contribution in [1.29, 1.82) is 0 Å². The van der Waals surface area contributed by atoms with Gasteiger partial charge in [0, 0.05) is 49.0 Å². The highest BCUT2D eigenvalue weighted by atomic mass is 32.1. The van der Waals surface area contributed by atoms with Crippen LogP contribution in [0, 0.1) is 12.8 Å². The van der Waals surface area contributed by atoms with Crippen molar-refractivity contribution in [3.63, 3.8) is 0 Å². The molecule has 0 radical (unpaired) electrons. The minimum Gasteiger partial charge on any atom is -0.491 e. The number of anilines is 2. The number of pyridine rings is 1. The van der Waals surface area contributed by atoms with Gasteiger partial charge in [-0.15, -0.1) is 11.3 Å². The Kier molecular flexibility index (Phi) is 5.65. The molecule has 2 atom stereocenters. The molecular weight excluding hydrogens is 424 g/mol. The number of ether oxygens (including phenoxy) is 2. The third kappa shape index (κ3) is 4.00. The Hall–Kier alpha value is -2.84. The van der Waals surface area contributed by atoms with E-state index in [0.29, 0.717) is 23.1 Å². The summed E-state index contributed by atoms with van der Waals surface area (Å²) in [4.78, 5) is 21.1. The molecule has 8 heteroatoms. The fourth-order valence-corrected chi connectivity index (χ4v) is 5.64. The molecule has 1 amide bonds. The Morgan fingerprint density at radius 2 is 2.25 bits per heavy atom. The molecule has 0 bridgehead atoms. The van der Waals surface area contributed by atoms with E-state index in [2.05, 4.69) is 33.4 Å². The van der Waals surface area contributed by atoms with E-state index in [9.17, 15) is 4.79 Å². The average molecular weight is 453 g/mol. The maximum absolute atomic E-state index is 12.9. The standard InChI is InChI=1S/C24H28N4O3S/c1-14-3-6-19-21(25)22(32-24(19)26-14)23(29)27-17-9-16-4-5-18(10-20(16)31-13-17)28-8-7-15(11-28)12-30-2/h3-6,10,15,17H,7-9,11-13,25H2,1-2H3,(H,27,29)/t15-,17+/m0/s1. The summed E-state index contributed by atoms with van der Waals surface area (Å²) in [7, 11) is 1.76. The number of hydrogen-bond acceptors (Lipinski definition) is 7. The van der Waals surface area contributed by atoms with Gasteiger partial charge in [0.15, 0.2) is 0 Å². The van der Waals surface area contributed by atoms with Gasteiger partial charge < -0.3 is 25.4 Å². The van der Waals surface area contributed by atoms with Crippen LogP contribution in [0.3, 0.4) is 0 Å². The first-order valence-corrected chi connectivity index (χ1v) is 11.8. The number of nitrogen functional groups attached to an aromatic ring is 1. The van der Waals surface area contributed by atoms with Gasteiger partial charge >= 0.3 is 0 Å². The molecule has 0 aliphatic carbocycles. The molecule has 0 saturated carbocycles. The van der Waals surface area contributed by atoms with E-state index in [1.165, 1.54) is 17.0 Å². The predicted octanol–water partition coefficient (Wildman–Crippen LogP) is 3.39. The summed E-state index contributed by atoms with van der Waals surface area (Å²) in [5.74, 6) is 1.32. The van der Waals surface area contributed by atoms with Crippen molar-refractivity contribution < 1.29 is 14.3 Å². The lowest BCUT2D eigenvalue weighted by atomic mass is 10.0. The van der Waals surface area contributed by atoms with E-state index in [1.807, 2.05) is 19.1 Å². The maximum atomic E-state index is 12.9. The number of thiophene rings is 1. The van der Waals surface area contributed by atoms with E-state index in [0.717, 1.165) is 59.8 Å². The Morgan fingerprint density at radius 3 is 3.09 bits per heavy atom. The first kappa shape index (κ1) is 21.0. The van der Waals surface area contributed by atoms with Gasteiger partial charge in [0.05, 0.1) is 18.3 Å². The number of carbonyl (C=O) groups excluding carboxylic acids is 1. The quantitative estimate of drug-likeness (QED) is 0.617. The summed E-state index contributed by atoms with van der Waals surface area (Å²) in [6.07, 6.45) is 1.88. The lowest BCUT2D eigenvalue weighted by molar-refractivity contribution is 0.0920. The minimum absolute atomic E-state index is 0.0990. The number of aryl methyl sites for hydroxylation is 1. The van der Waals surface area contributed by atoms with Crippen LogP contribution >= 0.6 is 11.3 Å². The second-order valence-electron chi connectivity index (χ2n) is 8.68. The molecule has 0 unspecified atom stereocenters. The van der Waals surface area contributed by atoms with Crippen molar-refractivity contribution in [2.75, 3.05) is 44.0 Å². The normalized spacial score (nSPS) is 20.2. The SMILES string of the molecule is COC[C@H]1CCN(c2ccc3c(c2)OC[C@H](NC(=O)c2sc4nc(C)ccc4c2N)C3)C1. The molecule has 1 aromatic carbocycles. The van der Waals surface area contributed by atoms with Crippen LogP contribution in [0.2, 0.25) is 0 Å². The van der Waals surface area contributed by atoms with E-state index < -0.39 is 0 Å². The third-order valence-electron chi connectivity index (χ3n) is 6.28. The zero-order valence-corrected chi connectivity index (χ0v) is 19.2. The van der Waals surface area contributed by atoms with Gasteiger partial charge in [0.25, 0.3) is 5.91 Å². The topological polar surface area (TPSA) is 89.7 Å². The highest BCUT2D eigenvalue weighted by Crippen LogP contribution is 2.34. The fraction of sp³-hybridized carbons (Fsp3) is 0.417. The van der Waals surface area contributed by atoms with Crippen molar-refractivity contribution in [3.05, 3.63) is 46.5 Å². The third-order valence-corrected chi connectivity index (χ3v) is 7.40. The van der Waals surface area contributed by atoms with Gasteiger partial charge in [0.1, 0.15) is 22.1 Å². The highest BCUT2D eigenvalue weighted by molar-refractivity contribution is 7.21. The smallest absolute Gasteiger partial charge is 0.263 e. The first-order valence-electron chi connectivity index (χ1n) is 11.0. The predicted molar refractivity (Wildman–Crippen MR) is 128 cm³/mol. The summed E-state index contributed by atoms with van der Waals surface area (Å²) in [6.45, 7) is 5.22. The number of rotatable bonds is 5. The molecule has 5 rings (SSSR count). The number of benzene rings is 1. The van der Waals surface area contributed by atoms with Crippen LogP contribution in [-0.4, -0.2) is 50.3 Å². The monoisotopic (exact) mass is 452 g/mol. The summed E-state index contributed by atoms with van der Waals surface area (Å²) in [5.41, 5.74) is 9.94. The minimum atomic E-state index is -0.168. The lowest BCUT2D eigenvalue weighted by Gasteiger charge is -2.28. The fourth-order valence-electron chi connectivity index (χ4n) is 4.60. The molecule has 2 aliphatic rings. The second kappa shape index (κ2) is 8.60. The molecule has 168 valence electrons. The zero-order valence-electron chi connectivity index (χ0n) is 18.4. The van der Waals surface area contributed by atoms with Crippen molar-refractivity contribution in [2.24, 2.45) is 5.92 Å². The zero-order chi connectivity index (χ0) is 22.2. The number of hydrogen-bond donors (Lipinski definition) is 2. The summed E-state index contributed by atoms with van der Waals surface area (Å²) in [5, 5.41) is 3.93. The van der Waals surface area contributed by atoms with Crippen molar-refractivity contribution in [2.45, 2.75) is 25.8 Å². The molecule has 7 nitrogen and oxygen atoms in total. The molecule has 4 heterocycles. The number of aromatic nitrogens is 1. The van der Waals surface area contributed by atoms with Gasteiger partial charge in [-0.05, 0) is 43.5 Å². The molecular formula is C24H28N4O3S. The molecule has 2 aliphatic heterocycles. The largest absolute Gasteiger partial charge is 0.491 e. The van der Waals surface area contributed by atoms with E-state index >= 15 is 0 Å². The molecule has 3 N–H and O–H groups in total. The Morgan fingerprint density at radius 1 is 1.38 bits per heavy atom. The van der Waals surface area contributed by atoms with Crippen molar-refractivity contribution in [1.82, 2.24) is 10.3 Å². The van der Waals surface area contributed by atoms with Gasteiger partial charge in [0.2, 0.25) is 0 Å². The van der Waals surface area contributed by atoms with Crippen LogP contribution in [0.15, 0.2) is 30.3 Å². The molecule has 32 heavy (non-hydrogen) atoms. The Labute approximate surface area is 191 Å². The summed E-state index contributed by atoms with van der Waals surface area (Å²) in [6, 6.07) is 10.1. The number of amides is 1. The average Bonchev–Trinajstić information content (AvgIpc) is 3.38. The van der Waals surface area contributed by atoms with E-state index in [-0.39, 0.29) is 11.9 Å². The van der Waals surface area contributed by atoms with Gasteiger partial charge in [-0.2, -0.15) is 0 Å². The second-order valence-corrected chi connectivity index (χ2v) is 9.68. The molecule has 1 fully saturated rings. The van der Waals surface area contributed by atoms with Crippen LogP contribution in [0.1, 0.15) is 27.3 Å². The Balaban J connectivity index is 1.26. The van der Waals surface area contributed by atoms with Crippen molar-refractivity contribution in [3.8, 4) is 5.75 Å². The highest BCUT2D eigenvalue weighted by Gasteiger charge is 2.27. The first-order chi connectivity index (χ1) is 15.5. The number of fused-ring (bicyclic) bond motifs is 2. The van der Waals surface area contributed by atoms with E-state index in [1.54, 1.807) is 7.11 Å². The molecule has 0 spiro atoms. The van der Waals surface area contributed by atoms with Crippen LogP contribution in [0.5, 0.6) is 5.75 Å². The van der Waals surface area contributed by atoms with Crippen LogP contribution in [0.25, 0.3) is 10.2 Å². The van der Waals surface area contributed by atoms with E-state index in [4.69, 9.17) is 15.2 Å². The molecule has 1 saturated heterocycles. The van der Waals surface area contributed by atoms with Crippen molar-refractivity contribution >= 4 is 38.8 Å². The van der Waals surface area contributed by atoms with Crippen LogP contribution < -0.4 is 20.7 Å². The number of nitrogens with two attached hydrogens (primary N) is 1. The number of carbonyl (C=O) groups is 1. The lowest BCUT2D eigenvalue weighted by Crippen LogP contribution is -2.42. The van der Waals surface area contributed by atoms with Gasteiger partial charge in [-0.25, -0.2) is 4.98 Å². The number of nitrogens with one attached hydrogen (secondary N) is 1.